The van der Waals surface area contributed by atoms with Gasteiger partial charge < -0.3 is 10.6 Å². The zero-order valence-corrected chi connectivity index (χ0v) is 12.6. The van der Waals surface area contributed by atoms with Gasteiger partial charge in [0.05, 0.1) is 17.9 Å². The summed E-state index contributed by atoms with van der Waals surface area (Å²) in [7, 11) is 0. The van der Waals surface area contributed by atoms with Gasteiger partial charge in [-0.25, -0.2) is 9.07 Å². The third-order valence-corrected chi connectivity index (χ3v) is 3.64. The van der Waals surface area contributed by atoms with Crippen LogP contribution in [0.5, 0.6) is 0 Å². The number of hydrogen-bond acceptors (Lipinski definition) is 6. The first-order valence-electron chi connectivity index (χ1n) is 7.48. The molecule has 2 N–H and O–H groups in total. The molecule has 3 rings (SSSR count). The summed E-state index contributed by atoms with van der Waals surface area (Å²) in [6.45, 7) is 3.72. The average Bonchev–Trinajstić information content (AvgIpc) is 2.95. The highest BCUT2D eigenvalue weighted by atomic mass is 19.1. The molecule has 1 saturated heterocycles. The fraction of sp³-hybridized carbons (Fsp3) is 0.429. The molecule has 0 unspecified atom stereocenters. The maximum Gasteiger partial charge on any atom is 0.238 e. The van der Waals surface area contributed by atoms with Gasteiger partial charge in [0.2, 0.25) is 5.91 Å². The molecule has 0 radical (unpaired) electrons. The molecule has 2 heterocycles. The summed E-state index contributed by atoms with van der Waals surface area (Å²) in [5.41, 5.74) is 0.696. The van der Waals surface area contributed by atoms with Crippen molar-refractivity contribution >= 4 is 11.6 Å². The second-order valence-corrected chi connectivity index (χ2v) is 5.35. The minimum Gasteiger partial charge on any atom is -0.322 e. The molecule has 0 bridgehead atoms. The molecular formula is C14H18FN7O. The number of halogens is 1. The lowest BCUT2D eigenvalue weighted by molar-refractivity contribution is -0.117. The minimum atomic E-state index is -0.493. The van der Waals surface area contributed by atoms with Gasteiger partial charge in [0.15, 0.2) is 0 Å². The van der Waals surface area contributed by atoms with Crippen LogP contribution in [0.1, 0.15) is 6.42 Å². The summed E-state index contributed by atoms with van der Waals surface area (Å²) < 4.78 is 15.3. The highest BCUT2D eigenvalue weighted by Crippen LogP contribution is 2.18. The molecule has 0 aliphatic carbocycles. The summed E-state index contributed by atoms with van der Waals surface area (Å²) in [4.78, 5) is 14.2. The molecule has 0 atom stereocenters. The molecule has 122 valence electrons. The Morgan fingerprint density at radius 2 is 2.26 bits per heavy atom. The van der Waals surface area contributed by atoms with Crippen molar-refractivity contribution in [2.75, 3.05) is 38.0 Å². The van der Waals surface area contributed by atoms with Crippen LogP contribution < -0.4 is 10.6 Å². The normalized spacial score (nSPS) is 16.0. The van der Waals surface area contributed by atoms with E-state index in [1.54, 1.807) is 6.07 Å². The van der Waals surface area contributed by atoms with Crippen LogP contribution in [0.15, 0.2) is 24.5 Å². The Bertz CT molecular complexity index is 653. The van der Waals surface area contributed by atoms with E-state index in [0.29, 0.717) is 5.69 Å². The zero-order chi connectivity index (χ0) is 16.1. The fourth-order valence-electron chi connectivity index (χ4n) is 2.48. The monoisotopic (exact) mass is 319 g/mol. The smallest absolute Gasteiger partial charge is 0.238 e. The van der Waals surface area contributed by atoms with Gasteiger partial charge in [-0.05, 0) is 48.1 Å². The Balaban J connectivity index is 1.66. The topological polar surface area (TPSA) is 88.0 Å². The Morgan fingerprint density at radius 3 is 3.09 bits per heavy atom. The number of amides is 1. The molecule has 2 aromatic rings. The Morgan fingerprint density at radius 1 is 1.35 bits per heavy atom. The number of nitrogens with one attached hydrogen (secondary N) is 2. The summed E-state index contributed by atoms with van der Waals surface area (Å²) >= 11 is 0. The molecule has 1 aliphatic heterocycles. The van der Waals surface area contributed by atoms with Gasteiger partial charge in [-0.15, -0.1) is 5.10 Å². The highest BCUT2D eigenvalue weighted by Gasteiger charge is 2.14. The first-order chi connectivity index (χ1) is 11.2. The Labute approximate surface area is 132 Å². The van der Waals surface area contributed by atoms with Crippen LogP contribution in [0.2, 0.25) is 0 Å². The number of aromatic nitrogens is 4. The lowest BCUT2D eigenvalue weighted by Gasteiger charge is -2.18. The number of hydrogen-bond donors (Lipinski definition) is 2. The van der Waals surface area contributed by atoms with Crippen molar-refractivity contribution in [3.05, 3.63) is 30.3 Å². The maximum atomic E-state index is 13.9. The molecule has 23 heavy (non-hydrogen) atoms. The van der Waals surface area contributed by atoms with Crippen molar-refractivity contribution in [1.82, 2.24) is 30.4 Å². The van der Waals surface area contributed by atoms with Crippen LogP contribution >= 0.6 is 0 Å². The number of anilines is 1. The predicted molar refractivity (Wildman–Crippen MR) is 81.7 cm³/mol. The van der Waals surface area contributed by atoms with Crippen molar-refractivity contribution in [3.8, 4) is 5.69 Å². The standard InChI is InChI=1S/C14H18FN7O/c15-12-3-2-11(22-10-17-19-20-22)8-13(12)18-14(23)9-21-6-1-4-16-5-7-21/h2-3,8,10,16H,1,4-7,9H2,(H,18,23). The molecule has 8 nitrogen and oxygen atoms in total. The van der Waals surface area contributed by atoms with Crippen molar-refractivity contribution in [2.45, 2.75) is 6.42 Å². The van der Waals surface area contributed by atoms with Crippen molar-refractivity contribution in [1.29, 1.82) is 0 Å². The van der Waals surface area contributed by atoms with Gasteiger partial charge >= 0.3 is 0 Å². The lowest BCUT2D eigenvalue weighted by atomic mass is 10.2. The Hall–Kier alpha value is -2.39. The third-order valence-electron chi connectivity index (χ3n) is 3.64. The molecule has 1 fully saturated rings. The average molecular weight is 319 g/mol. The van der Waals surface area contributed by atoms with Gasteiger partial charge in [0, 0.05) is 13.1 Å². The molecule has 1 aliphatic rings. The van der Waals surface area contributed by atoms with E-state index in [0.717, 1.165) is 32.6 Å². The van der Waals surface area contributed by atoms with Gasteiger partial charge in [-0.1, -0.05) is 0 Å². The summed E-state index contributed by atoms with van der Waals surface area (Å²) in [6.07, 6.45) is 2.40. The summed E-state index contributed by atoms with van der Waals surface area (Å²) in [5.74, 6) is -0.729. The van der Waals surface area contributed by atoms with E-state index in [2.05, 4.69) is 31.1 Å². The number of nitrogens with zero attached hydrogens (tertiary/aromatic N) is 5. The molecule has 1 aromatic carbocycles. The van der Waals surface area contributed by atoms with Crippen LogP contribution in [-0.2, 0) is 4.79 Å². The number of carbonyl (C=O) groups is 1. The van der Waals surface area contributed by atoms with Crippen LogP contribution in [0, 0.1) is 5.82 Å². The van der Waals surface area contributed by atoms with Crippen LogP contribution in [0.3, 0.4) is 0 Å². The number of tetrazole rings is 1. The van der Waals surface area contributed by atoms with Crippen molar-refractivity contribution in [3.63, 3.8) is 0 Å². The quantitative estimate of drug-likeness (QED) is 0.827. The van der Waals surface area contributed by atoms with E-state index in [1.165, 1.54) is 23.1 Å². The van der Waals surface area contributed by atoms with E-state index in [1.807, 2.05) is 0 Å². The van der Waals surface area contributed by atoms with Gasteiger partial charge in [0.25, 0.3) is 0 Å². The van der Waals surface area contributed by atoms with E-state index in [9.17, 15) is 9.18 Å². The predicted octanol–water partition coefficient (Wildman–Crippen LogP) is 0.0352. The Kier molecular flexibility index (Phi) is 4.89. The maximum absolute atomic E-state index is 13.9. The summed E-state index contributed by atoms with van der Waals surface area (Å²) in [6, 6.07) is 4.33. The van der Waals surface area contributed by atoms with E-state index < -0.39 is 5.82 Å². The highest BCUT2D eigenvalue weighted by molar-refractivity contribution is 5.92. The second kappa shape index (κ2) is 7.25. The first-order valence-corrected chi connectivity index (χ1v) is 7.48. The first kappa shape index (κ1) is 15.5. The van der Waals surface area contributed by atoms with Gasteiger partial charge in [0.1, 0.15) is 12.1 Å². The van der Waals surface area contributed by atoms with Gasteiger partial charge in [-0.2, -0.15) is 0 Å². The van der Waals surface area contributed by atoms with E-state index >= 15 is 0 Å². The van der Waals surface area contributed by atoms with E-state index in [-0.39, 0.29) is 18.1 Å². The minimum absolute atomic E-state index is 0.121. The molecular weight excluding hydrogens is 301 g/mol. The molecule has 1 amide bonds. The number of benzene rings is 1. The molecule has 1 aromatic heterocycles. The number of rotatable bonds is 4. The van der Waals surface area contributed by atoms with E-state index in [4.69, 9.17) is 0 Å². The van der Waals surface area contributed by atoms with Crippen molar-refractivity contribution in [2.24, 2.45) is 0 Å². The number of carbonyl (C=O) groups excluding carboxylic acids is 1. The second-order valence-electron chi connectivity index (χ2n) is 5.35. The lowest BCUT2D eigenvalue weighted by Crippen LogP contribution is -2.35. The third kappa shape index (κ3) is 4.08. The van der Waals surface area contributed by atoms with Crippen LogP contribution in [0.4, 0.5) is 10.1 Å². The molecule has 0 spiro atoms. The van der Waals surface area contributed by atoms with Crippen LogP contribution in [-0.4, -0.2) is 63.7 Å². The fourth-order valence-corrected chi connectivity index (χ4v) is 2.48. The largest absolute Gasteiger partial charge is 0.322 e. The van der Waals surface area contributed by atoms with Gasteiger partial charge in [-0.3, -0.25) is 9.69 Å². The molecule has 0 saturated carbocycles. The SMILES string of the molecule is O=C(CN1CCCNCC1)Nc1cc(-n2cnnn2)ccc1F. The zero-order valence-electron chi connectivity index (χ0n) is 12.6. The van der Waals surface area contributed by atoms with Crippen molar-refractivity contribution < 1.29 is 9.18 Å². The molecule has 9 heteroatoms. The summed E-state index contributed by atoms with van der Waals surface area (Å²) in [5, 5.41) is 16.7. The van der Waals surface area contributed by atoms with Crippen LogP contribution in [0.25, 0.3) is 5.69 Å².